The minimum atomic E-state index is -4.40. The first-order valence-corrected chi connectivity index (χ1v) is 9.52. The summed E-state index contributed by atoms with van der Waals surface area (Å²) in [6.45, 7) is 0. The van der Waals surface area contributed by atoms with Gasteiger partial charge in [-0.25, -0.2) is 4.98 Å². The number of hydrogen-bond acceptors (Lipinski definition) is 4. The second-order valence-electron chi connectivity index (χ2n) is 6.82. The number of nitrogens with zero attached hydrogens (tertiary/aromatic N) is 3. The molecule has 2 heterocycles. The molecule has 5 nitrogen and oxygen atoms in total. The van der Waals surface area contributed by atoms with Gasteiger partial charge in [0.05, 0.1) is 16.6 Å². The maximum absolute atomic E-state index is 12.7. The molecule has 9 heteroatoms. The van der Waals surface area contributed by atoms with E-state index in [9.17, 15) is 13.2 Å². The van der Waals surface area contributed by atoms with Crippen molar-refractivity contribution in [3.63, 3.8) is 0 Å². The Kier molecular flexibility index (Phi) is 4.51. The van der Waals surface area contributed by atoms with Crippen LogP contribution in [0.2, 0.25) is 5.02 Å². The monoisotopic (exact) mass is 440 g/mol. The summed E-state index contributed by atoms with van der Waals surface area (Å²) in [5.41, 5.74) is 2.88. The van der Waals surface area contributed by atoms with Crippen molar-refractivity contribution >= 4 is 22.6 Å². The van der Waals surface area contributed by atoms with Crippen LogP contribution in [0.5, 0.6) is 0 Å². The zero-order valence-electron chi connectivity index (χ0n) is 15.6. The van der Waals surface area contributed by atoms with Crippen LogP contribution >= 0.6 is 11.6 Å². The van der Waals surface area contributed by atoms with Gasteiger partial charge >= 0.3 is 6.18 Å². The van der Waals surface area contributed by atoms with Crippen LogP contribution in [0.15, 0.2) is 71.3 Å². The zero-order chi connectivity index (χ0) is 21.6. The van der Waals surface area contributed by atoms with Crippen molar-refractivity contribution in [1.82, 2.24) is 20.1 Å². The molecule has 154 valence electrons. The molecule has 5 aromatic rings. The van der Waals surface area contributed by atoms with Crippen molar-refractivity contribution in [3.05, 3.63) is 77.3 Å². The molecule has 0 radical (unpaired) electrons. The Morgan fingerprint density at radius 1 is 0.806 bits per heavy atom. The number of benzene rings is 3. The maximum Gasteiger partial charge on any atom is 0.416 e. The summed E-state index contributed by atoms with van der Waals surface area (Å²) >= 11 is 6.02. The number of aromatic nitrogens is 4. The summed E-state index contributed by atoms with van der Waals surface area (Å²) < 4.78 is 43.4. The van der Waals surface area contributed by atoms with Gasteiger partial charge in [-0.3, -0.25) is 0 Å². The summed E-state index contributed by atoms with van der Waals surface area (Å²) in [6, 6.07) is 17.4. The van der Waals surface area contributed by atoms with Crippen molar-refractivity contribution in [2.45, 2.75) is 6.18 Å². The highest BCUT2D eigenvalue weighted by Gasteiger charge is 2.30. The van der Waals surface area contributed by atoms with Crippen molar-refractivity contribution in [2.75, 3.05) is 0 Å². The molecule has 0 unspecified atom stereocenters. The van der Waals surface area contributed by atoms with Crippen LogP contribution in [0.1, 0.15) is 5.56 Å². The number of aromatic amines is 1. The Bertz CT molecular complexity index is 1370. The summed E-state index contributed by atoms with van der Waals surface area (Å²) in [5.74, 6) is 1.17. The molecule has 0 aliphatic rings. The van der Waals surface area contributed by atoms with Crippen LogP contribution in [0.4, 0.5) is 13.2 Å². The first kappa shape index (κ1) is 19.3. The smallest absolute Gasteiger partial charge is 0.338 e. The predicted molar refractivity (Wildman–Crippen MR) is 110 cm³/mol. The largest absolute Gasteiger partial charge is 0.416 e. The van der Waals surface area contributed by atoms with E-state index >= 15 is 0 Å². The number of imidazole rings is 1. The van der Waals surface area contributed by atoms with E-state index in [1.165, 1.54) is 12.1 Å². The normalized spacial score (nSPS) is 11.9. The fourth-order valence-corrected chi connectivity index (χ4v) is 3.33. The van der Waals surface area contributed by atoms with Crippen molar-refractivity contribution in [2.24, 2.45) is 0 Å². The highest BCUT2D eigenvalue weighted by atomic mass is 35.5. The first-order chi connectivity index (χ1) is 14.9. The average Bonchev–Trinajstić information content (AvgIpc) is 3.40. The molecule has 0 aliphatic carbocycles. The van der Waals surface area contributed by atoms with E-state index in [0.29, 0.717) is 27.8 Å². The molecule has 2 aromatic heterocycles. The second kappa shape index (κ2) is 7.24. The molecular formula is C22H12ClF3N4O. The summed E-state index contributed by atoms with van der Waals surface area (Å²) in [4.78, 5) is 12.1. The lowest BCUT2D eigenvalue weighted by molar-refractivity contribution is -0.137. The van der Waals surface area contributed by atoms with Gasteiger partial charge in [-0.05, 0) is 42.5 Å². The maximum atomic E-state index is 12.7. The van der Waals surface area contributed by atoms with Gasteiger partial charge in [0.2, 0.25) is 5.82 Å². The zero-order valence-corrected chi connectivity index (χ0v) is 16.4. The lowest BCUT2D eigenvalue weighted by Crippen LogP contribution is -2.03. The van der Waals surface area contributed by atoms with Crippen molar-refractivity contribution in [1.29, 1.82) is 0 Å². The minimum absolute atomic E-state index is 0.141. The molecule has 1 N–H and O–H groups in total. The van der Waals surface area contributed by atoms with Gasteiger partial charge in [-0.1, -0.05) is 41.0 Å². The van der Waals surface area contributed by atoms with E-state index < -0.39 is 11.7 Å². The highest BCUT2D eigenvalue weighted by Crippen LogP contribution is 2.31. The number of hydrogen-bond donors (Lipinski definition) is 1. The van der Waals surface area contributed by atoms with E-state index in [0.717, 1.165) is 28.7 Å². The third-order valence-corrected chi connectivity index (χ3v) is 4.98. The predicted octanol–water partition coefficient (Wildman–Crippen LogP) is 6.62. The Balaban J connectivity index is 1.39. The van der Waals surface area contributed by atoms with Gasteiger partial charge in [0, 0.05) is 21.7 Å². The van der Waals surface area contributed by atoms with Crippen molar-refractivity contribution < 1.29 is 17.7 Å². The fraction of sp³-hybridized carbons (Fsp3) is 0.0455. The average molecular weight is 441 g/mol. The Labute approximate surface area is 178 Å². The van der Waals surface area contributed by atoms with Crippen LogP contribution in [0.25, 0.3) is 45.3 Å². The molecule has 0 fully saturated rings. The summed E-state index contributed by atoms with van der Waals surface area (Å²) in [6.07, 6.45) is -4.40. The minimum Gasteiger partial charge on any atom is -0.338 e. The van der Waals surface area contributed by atoms with E-state index in [1.54, 1.807) is 6.07 Å². The number of nitrogens with one attached hydrogen (secondary N) is 1. The topological polar surface area (TPSA) is 67.6 Å². The quantitative estimate of drug-likeness (QED) is 0.342. The number of halogens is 4. The van der Waals surface area contributed by atoms with E-state index in [-0.39, 0.29) is 5.89 Å². The van der Waals surface area contributed by atoms with Crippen LogP contribution in [-0.4, -0.2) is 20.1 Å². The van der Waals surface area contributed by atoms with Gasteiger partial charge in [0.1, 0.15) is 5.82 Å². The third-order valence-electron chi connectivity index (χ3n) is 4.75. The Hall–Kier alpha value is -3.65. The third kappa shape index (κ3) is 3.77. The molecule has 0 saturated heterocycles. The lowest BCUT2D eigenvalue weighted by Gasteiger charge is -2.05. The van der Waals surface area contributed by atoms with Gasteiger partial charge in [-0.15, -0.1) is 0 Å². The van der Waals surface area contributed by atoms with Gasteiger partial charge in [0.15, 0.2) is 0 Å². The fourth-order valence-electron chi connectivity index (χ4n) is 3.16. The SMILES string of the molecule is FC(F)(F)c1ccc(-c2nc(-c3ccc(-c4nc5ccc(Cl)cc5[nH]4)cc3)no2)cc1. The van der Waals surface area contributed by atoms with Crippen LogP contribution in [0.3, 0.4) is 0 Å². The molecule has 3 aromatic carbocycles. The molecular weight excluding hydrogens is 429 g/mol. The number of H-pyrrole nitrogens is 1. The summed E-state index contributed by atoms with van der Waals surface area (Å²) in [5, 5.41) is 4.56. The van der Waals surface area contributed by atoms with E-state index in [1.807, 2.05) is 36.4 Å². The lowest BCUT2D eigenvalue weighted by atomic mass is 10.1. The molecule has 0 saturated carbocycles. The molecule has 0 aliphatic heterocycles. The first-order valence-electron chi connectivity index (χ1n) is 9.14. The van der Waals surface area contributed by atoms with Crippen molar-refractivity contribution in [3.8, 4) is 34.2 Å². The molecule has 0 amide bonds. The van der Waals surface area contributed by atoms with Crippen LogP contribution in [0, 0.1) is 0 Å². The van der Waals surface area contributed by atoms with E-state index in [2.05, 4.69) is 20.1 Å². The molecule has 0 spiro atoms. The number of alkyl halides is 3. The van der Waals surface area contributed by atoms with Crippen LogP contribution < -0.4 is 0 Å². The second-order valence-corrected chi connectivity index (χ2v) is 7.26. The van der Waals surface area contributed by atoms with Crippen LogP contribution in [-0.2, 0) is 6.18 Å². The molecule has 0 atom stereocenters. The van der Waals surface area contributed by atoms with Gasteiger partial charge < -0.3 is 9.51 Å². The number of fused-ring (bicyclic) bond motifs is 1. The number of rotatable bonds is 3. The highest BCUT2D eigenvalue weighted by molar-refractivity contribution is 6.31. The molecule has 5 rings (SSSR count). The van der Waals surface area contributed by atoms with E-state index in [4.69, 9.17) is 16.1 Å². The molecule has 31 heavy (non-hydrogen) atoms. The summed E-state index contributed by atoms with van der Waals surface area (Å²) in [7, 11) is 0. The Morgan fingerprint density at radius 3 is 2.19 bits per heavy atom. The van der Waals surface area contributed by atoms with Gasteiger partial charge in [0.25, 0.3) is 5.89 Å². The molecule has 0 bridgehead atoms. The Morgan fingerprint density at radius 2 is 1.48 bits per heavy atom. The standard InChI is InChI=1S/C22H12ClF3N4O/c23-16-9-10-17-18(11-16)28-19(27-17)12-1-3-13(4-2-12)20-29-21(31-30-20)14-5-7-15(8-6-14)22(24,25)26/h1-11H,(H,27,28). The van der Waals surface area contributed by atoms with Gasteiger partial charge in [-0.2, -0.15) is 18.2 Å².